The van der Waals surface area contributed by atoms with E-state index in [9.17, 15) is 13.2 Å². The summed E-state index contributed by atoms with van der Waals surface area (Å²) in [6.07, 6.45) is 5.19. The maximum atomic E-state index is 12.1. The maximum Gasteiger partial charge on any atom is 0.267 e. The summed E-state index contributed by atoms with van der Waals surface area (Å²) < 4.78 is 22.4. The number of carbonyl (C=O) groups is 1. The molecule has 4 N–H and O–H groups in total. The van der Waals surface area contributed by atoms with Crippen LogP contribution in [0.25, 0.3) is 0 Å². The van der Waals surface area contributed by atoms with Gasteiger partial charge < -0.3 is 10.3 Å². The fraction of sp³-hybridized carbons (Fsp3) is 0.615. The molecule has 0 spiro atoms. The summed E-state index contributed by atoms with van der Waals surface area (Å²) >= 11 is 0. The molecule has 0 radical (unpaired) electrons. The van der Waals surface area contributed by atoms with Gasteiger partial charge in [-0.1, -0.05) is 0 Å². The van der Waals surface area contributed by atoms with Gasteiger partial charge in [0.1, 0.15) is 5.69 Å². The molecule has 1 amide bonds. The summed E-state index contributed by atoms with van der Waals surface area (Å²) in [4.78, 5) is 14.7. The van der Waals surface area contributed by atoms with Crippen LogP contribution < -0.4 is 10.5 Å². The van der Waals surface area contributed by atoms with Crippen molar-refractivity contribution in [3.63, 3.8) is 0 Å². The Morgan fingerprint density at radius 1 is 1.30 bits per heavy atom. The smallest absolute Gasteiger partial charge is 0.267 e. The molecule has 4 rings (SSSR count). The third kappa shape index (κ3) is 1.73. The Morgan fingerprint density at radius 3 is 2.50 bits per heavy atom. The normalized spacial score (nSPS) is 37.8. The van der Waals surface area contributed by atoms with Crippen molar-refractivity contribution in [1.29, 1.82) is 0 Å². The topological polar surface area (TPSA) is 105 Å². The van der Waals surface area contributed by atoms with E-state index >= 15 is 0 Å². The number of hydrogen-bond donors (Lipinski definition) is 3. The number of aromatic nitrogens is 1. The summed E-state index contributed by atoms with van der Waals surface area (Å²) in [5, 5.41) is 8.06. The lowest BCUT2D eigenvalue weighted by Crippen LogP contribution is -2.30. The number of fused-ring (bicyclic) bond motifs is 5. The molecule has 1 aromatic rings. The summed E-state index contributed by atoms with van der Waals surface area (Å²) in [6.45, 7) is 0. The zero-order chi connectivity index (χ0) is 14.1. The van der Waals surface area contributed by atoms with Crippen LogP contribution in [0.2, 0.25) is 0 Å². The molecule has 0 aromatic carbocycles. The number of nitrogens with one attached hydrogen (secondary N) is 2. The molecule has 0 aliphatic heterocycles. The number of sulfonamides is 1. The van der Waals surface area contributed by atoms with Crippen molar-refractivity contribution in [3.8, 4) is 0 Å². The molecule has 0 saturated heterocycles. The highest BCUT2D eigenvalue weighted by Gasteiger charge is 2.65. The van der Waals surface area contributed by atoms with E-state index in [1.165, 1.54) is 31.5 Å². The number of aromatic amines is 1. The third-order valence-electron chi connectivity index (χ3n) is 5.26. The van der Waals surface area contributed by atoms with Crippen molar-refractivity contribution in [1.82, 2.24) is 10.3 Å². The van der Waals surface area contributed by atoms with Crippen LogP contribution >= 0.6 is 0 Å². The highest BCUT2D eigenvalue weighted by molar-refractivity contribution is 7.89. The van der Waals surface area contributed by atoms with Crippen molar-refractivity contribution in [2.45, 2.75) is 30.2 Å². The molecule has 7 heteroatoms. The van der Waals surface area contributed by atoms with Crippen molar-refractivity contribution >= 4 is 15.9 Å². The molecule has 3 aliphatic carbocycles. The minimum atomic E-state index is -3.76. The quantitative estimate of drug-likeness (QED) is 0.753. The second kappa shape index (κ2) is 3.85. The Labute approximate surface area is 117 Å². The van der Waals surface area contributed by atoms with Crippen LogP contribution in [0.4, 0.5) is 0 Å². The second-order valence-corrected chi connectivity index (χ2v) is 7.84. The van der Waals surface area contributed by atoms with Gasteiger partial charge in [0.25, 0.3) is 5.91 Å². The Bertz CT molecular complexity index is 665. The largest absolute Gasteiger partial charge is 0.356 e. The first-order chi connectivity index (χ1) is 9.45. The van der Waals surface area contributed by atoms with Crippen LogP contribution in [0.3, 0.4) is 0 Å². The van der Waals surface area contributed by atoms with Crippen LogP contribution in [-0.2, 0) is 10.0 Å². The van der Waals surface area contributed by atoms with Crippen molar-refractivity contribution in [3.05, 3.63) is 18.0 Å². The van der Waals surface area contributed by atoms with E-state index in [2.05, 4.69) is 10.3 Å². The molecule has 3 fully saturated rings. The first kappa shape index (κ1) is 12.4. The number of H-pyrrole nitrogens is 1. The van der Waals surface area contributed by atoms with Crippen molar-refractivity contribution in [2.75, 3.05) is 0 Å². The minimum absolute atomic E-state index is 0.0567. The molecule has 3 aliphatic rings. The first-order valence-corrected chi connectivity index (χ1v) is 8.52. The maximum absolute atomic E-state index is 12.1. The summed E-state index contributed by atoms with van der Waals surface area (Å²) in [5.74, 6) is 2.66. The number of hydrogen-bond acceptors (Lipinski definition) is 3. The Hall–Kier alpha value is -1.34. The third-order valence-corrected chi connectivity index (χ3v) is 6.16. The van der Waals surface area contributed by atoms with E-state index in [0.717, 1.165) is 11.8 Å². The number of amides is 1. The standard InChI is InChI=1S/C13H17N3O3S/c14-20(18,19)8-4-9(15-5-8)13(17)16-12-10-6-1-2-7(3-6)11(10)12/h4-7,10-12,15H,1-3H2,(H,16,17)(H2,14,18,19). The zero-order valence-corrected chi connectivity index (χ0v) is 11.7. The van der Waals surface area contributed by atoms with E-state index in [1.807, 2.05) is 0 Å². The molecule has 4 unspecified atom stereocenters. The van der Waals surface area contributed by atoms with Gasteiger partial charge in [0.2, 0.25) is 10.0 Å². The van der Waals surface area contributed by atoms with Crippen molar-refractivity contribution in [2.24, 2.45) is 28.8 Å². The summed E-state index contributed by atoms with van der Waals surface area (Å²) in [7, 11) is -3.76. The van der Waals surface area contributed by atoms with E-state index in [4.69, 9.17) is 5.14 Å². The van der Waals surface area contributed by atoms with Gasteiger partial charge in [-0.05, 0) is 49.0 Å². The molecule has 1 aromatic heterocycles. The SMILES string of the molecule is NS(=O)(=O)c1c[nH]c(C(=O)NC2C3C4CCC(C4)C23)c1. The van der Waals surface area contributed by atoms with Crippen LogP contribution in [0.1, 0.15) is 29.8 Å². The molecule has 6 nitrogen and oxygen atoms in total. The summed E-state index contributed by atoms with van der Waals surface area (Å²) in [6, 6.07) is 1.58. The molecular weight excluding hydrogens is 278 g/mol. The van der Waals surface area contributed by atoms with Gasteiger partial charge in [-0.25, -0.2) is 13.6 Å². The van der Waals surface area contributed by atoms with E-state index in [0.29, 0.717) is 11.8 Å². The van der Waals surface area contributed by atoms with Gasteiger partial charge in [-0.3, -0.25) is 4.79 Å². The lowest BCUT2D eigenvalue weighted by molar-refractivity contribution is 0.0940. The lowest BCUT2D eigenvalue weighted by Gasteiger charge is -2.09. The molecule has 3 saturated carbocycles. The average molecular weight is 295 g/mol. The number of rotatable bonds is 3. The summed E-state index contributed by atoms with van der Waals surface area (Å²) in [5.41, 5.74) is 0.256. The van der Waals surface area contributed by atoms with Gasteiger partial charge in [0, 0.05) is 12.2 Å². The lowest BCUT2D eigenvalue weighted by atomic mass is 10.0. The molecule has 4 atom stereocenters. The zero-order valence-electron chi connectivity index (χ0n) is 10.9. The molecule has 1 heterocycles. The Morgan fingerprint density at radius 2 is 1.95 bits per heavy atom. The first-order valence-electron chi connectivity index (χ1n) is 6.97. The molecule has 2 bridgehead atoms. The van der Waals surface area contributed by atoms with E-state index in [1.54, 1.807) is 0 Å². The number of carbonyl (C=O) groups excluding carboxylic acids is 1. The van der Waals surface area contributed by atoms with Crippen LogP contribution in [0.15, 0.2) is 17.2 Å². The molecular formula is C13H17N3O3S. The number of primary sulfonamides is 1. The van der Waals surface area contributed by atoms with Gasteiger partial charge in [-0.15, -0.1) is 0 Å². The van der Waals surface area contributed by atoms with Crippen molar-refractivity contribution < 1.29 is 13.2 Å². The van der Waals surface area contributed by atoms with E-state index in [-0.39, 0.29) is 22.5 Å². The second-order valence-electron chi connectivity index (χ2n) is 6.28. The highest BCUT2D eigenvalue weighted by Crippen LogP contribution is 2.65. The fourth-order valence-corrected chi connectivity index (χ4v) is 4.92. The van der Waals surface area contributed by atoms with Crippen LogP contribution in [0.5, 0.6) is 0 Å². The van der Waals surface area contributed by atoms with E-state index < -0.39 is 10.0 Å². The average Bonchev–Trinajstić information content (AvgIpc) is 2.86. The van der Waals surface area contributed by atoms with Gasteiger partial charge in [0.15, 0.2) is 0 Å². The molecule has 20 heavy (non-hydrogen) atoms. The fourth-order valence-electron chi connectivity index (χ4n) is 4.42. The van der Waals surface area contributed by atoms with Gasteiger partial charge in [0.05, 0.1) is 4.90 Å². The predicted octanol–water partition coefficient (Wildman–Crippen LogP) is 0.436. The van der Waals surface area contributed by atoms with Crippen LogP contribution in [-0.4, -0.2) is 25.4 Å². The van der Waals surface area contributed by atoms with Crippen LogP contribution in [0, 0.1) is 23.7 Å². The van der Waals surface area contributed by atoms with Gasteiger partial charge in [-0.2, -0.15) is 0 Å². The Kier molecular flexibility index (Phi) is 2.39. The molecule has 108 valence electrons. The van der Waals surface area contributed by atoms with Gasteiger partial charge >= 0.3 is 0 Å². The Balaban J connectivity index is 1.46. The minimum Gasteiger partial charge on any atom is -0.356 e. The monoisotopic (exact) mass is 295 g/mol. The predicted molar refractivity (Wildman–Crippen MR) is 71.2 cm³/mol. The highest BCUT2D eigenvalue weighted by atomic mass is 32.2. The number of nitrogens with two attached hydrogens (primary N) is 1.